The van der Waals surface area contributed by atoms with Gasteiger partial charge in [0.05, 0.1) is 35.4 Å². The highest BCUT2D eigenvalue weighted by atomic mass is 16.6. The summed E-state index contributed by atoms with van der Waals surface area (Å²) in [6, 6.07) is 10.6. The van der Waals surface area contributed by atoms with Crippen LogP contribution >= 0.6 is 0 Å². The molecule has 1 heterocycles. The van der Waals surface area contributed by atoms with Crippen molar-refractivity contribution >= 4 is 39.9 Å². The molecule has 0 amide bonds. The average Bonchev–Trinajstić information content (AvgIpc) is 2.73. The molecule has 0 bridgehead atoms. The summed E-state index contributed by atoms with van der Waals surface area (Å²) in [6.45, 7) is 1.84. The lowest BCUT2D eigenvalue weighted by Crippen LogP contribution is -2.10. The van der Waals surface area contributed by atoms with Crippen LogP contribution in [0.25, 0.3) is 10.9 Å². The number of ether oxygens (including phenoxy) is 2. The summed E-state index contributed by atoms with van der Waals surface area (Å²) in [6.07, 6.45) is 1.36. The van der Waals surface area contributed by atoms with Crippen LogP contribution in [0, 0.1) is 10.1 Å². The number of carbonyl (C=O) groups is 2. The number of methoxy groups -OCH3 is 1. The number of nitro benzene ring substituents is 1. The first-order valence-electron chi connectivity index (χ1n) is 8.64. The Morgan fingerprint density at radius 1 is 1.17 bits per heavy atom. The molecule has 0 spiro atoms. The number of hydrogen-bond donors (Lipinski definition) is 1. The molecule has 0 fully saturated rings. The van der Waals surface area contributed by atoms with Crippen LogP contribution in [0.2, 0.25) is 0 Å². The molecule has 0 aliphatic rings. The summed E-state index contributed by atoms with van der Waals surface area (Å²) in [4.78, 5) is 39.2. The number of nitro groups is 1. The smallest absolute Gasteiger partial charge is 0.341 e. The van der Waals surface area contributed by atoms with Gasteiger partial charge in [0.1, 0.15) is 5.56 Å². The number of benzene rings is 2. The van der Waals surface area contributed by atoms with Gasteiger partial charge in [-0.25, -0.2) is 9.59 Å². The lowest BCUT2D eigenvalue weighted by molar-refractivity contribution is -0.384. The van der Waals surface area contributed by atoms with E-state index in [1.807, 2.05) is 0 Å². The third-order valence-corrected chi connectivity index (χ3v) is 4.11. The Labute approximate surface area is 165 Å². The number of pyridine rings is 1. The number of aromatic nitrogens is 1. The van der Waals surface area contributed by atoms with E-state index in [9.17, 15) is 19.7 Å². The third-order valence-electron chi connectivity index (χ3n) is 4.11. The molecule has 29 heavy (non-hydrogen) atoms. The molecular weight excluding hydrogens is 378 g/mol. The van der Waals surface area contributed by atoms with Crippen molar-refractivity contribution in [1.29, 1.82) is 0 Å². The molecule has 0 saturated heterocycles. The minimum absolute atomic E-state index is 0.110. The Morgan fingerprint density at radius 2 is 1.97 bits per heavy atom. The molecule has 9 heteroatoms. The summed E-state index contributed by atoms with van der Waals surface area (Å²) < 4.78 is 9.85. The van der Waals surface area contributed by atoms with Crippen molar-refractivity contribution < 1.29 is 24.0 Å². The van der Waals surface area contributed by atoms with Crippen LogP contribution in [-0.4, -0.2) is 35.6 Å². The van der Waals surface area contributed by atoms with Gasteiger partial charge in [-0.05, 0) is 31.2 Å². The quantitative estimate of drug-likeness (QED) is 0.379. The van der Waals surface area contributed by atoms with Gasteiger partial charge in [-0.1, -0.05) is 6.07 Å². The second kappa shape index (κ2) is 8.34. The largest absolute Gasteiger partial charge is 0.465 e. The normalized spacial score (nSPS) is 10.4. The average molecular weight is 395 g/mol. The number of nitrogens with one attached hydrogen (secondary N) is 1. The number of hydrogen-bond acceptors (Lipinski definition) is 8. The number of nitrogens with zero attached hydrogens (tertiary/aromatic N) is 2. The van der Waals surface area contributed by atoms with E-state index in [1.165, 1.54) is 37.6 Å². The maximum atomic E-state index is 12.4. The van der Waals surface area contributed by atoms with Crippen molar-refractivity contribution in [3.8, 4) is 0 Å². The van der Waals surface area contributed by atoms with E-state index in [2.05, 4.69) is 10.3 Å². The van der Waals surface area contributed by atoms with Crippen molar-refractivity contribution in [2.24, 2.45) is 0 Å². The number of carbonyl (C=O) groups excluding carboxylic acids is 2. The van der Waals surface area contributed by atoms with Gasteiger partial charge >= 0.3 is 11.9 Å². The maximum absolute atomic E-state index is 12.4. The van der Waals surface area contributed by atoms with E-state index < -0.39 is 16.9 Å². The molecular formula is C20H17N3O6. The summed E-state index contributed by atoms with van der Waals surface area (Å²) in [5.74, 6) is -1.16. The molecule has 1 aromatic heterocycles. The van der Waals surface area contributed by atoms with E-state index in [0.717, 1.165) is 0 Å². The van der Waals surface area contributed by atoms with Crippen molar-refractivity contribution in [1.82, 2.24) is 4.98 Å². The van der Waals surface area contributed by atoms with Gasteiger partial charge in [0, 0.05) is 29.4 Å². The Balaban J connectivity index is 2.20. The molecule has 0 atom stereocenters. The number of anilines is 2. The Kier molecular flexibility index (Phi) is 5.68. The van der Waals surface area contributed by atoms with Crippen LogP contribution in [0.4, 0.5) is 17.1 Å². The van der Waals surface area contributed by atoms with Gasteiger partial charge in [-0.2, -0.15) is 0 Å². The van der Waals surface area contributed by atoms with E-state index in [-0.39, 0.29) is 23.4 Å². The zero-order valence-corrected chi connectivity index (χ0v) is 15.7. The molecule has 9 nitrogen and oxygen atoms in total. The van der Waals surface area contributed by atoms with E-state index in [1.54, 1.807) is 25.1 Å². The minimum Gasteiger partial charge on any atom is -0.465 e. The fourth-order valence-corrected chi connectivity index (χ4v) is 2.78. The van der Waals surface area contributed by atoms with Crippen LogP contribution in [0.3, 0.4) is 0 Å². The van der Waals surface area contributed by atoms with Gasteiger partial charge in [-0.3, -0.25) is 15.1 Å². The predicted molar refractivity (Wildman–Crippen MR) is 105 cm³/mol. The summed E-state index contributed by atoms with van der Waals surface area (Å²) in [5, 5.41) is 14.6. The van der Waals surface area contributed by atoms with Gasteiger partial charge in [0.15, 0.2) is 0 Å². The Hall–Kier alpha value is -4.01. The second-order valence-electron chi connectivity index (χ2n) is 5.92. The molecule has 3 aromatic rings. The van der Waals surface area contributed by atoms with Crippen LogP contribution < -0.4 is 5.32 Å². The van der Waals surface area contributed by atoms with Crippen molar-refractivity contribution in [2.45, 2.75) is 6.92 Å². The molecule has 0 unspecified atom stereocenters. The zero-order chi connectivity index (χ0) is 21.0. The molecule has 0 saturated carbocycles. The molecule has 0 aliphatic heterocycles. The number of esters is 2. The molecule has 148 valence electrons. The van der Waals surface area contributed by atoms with Gasteiger partial charge in [-0.15, -0.1) is 0 Å². The highest BCUT2D eigenvalue weighted by Crippen LogP contribution is 2.31. The highest BCUT2D eigenvalue weighted by molar-refractivity contribution is 6.07. The second-order valence-corrected chi connectivity index (χ2v) is 5.92. The first-order valence-corrected chi connectivity index (χ1v) is 8.64. The Bertz CT molecular complexity index is 1110. The monoisotopic (exact) mass is 395 g/mol. The first kappa shape index (κ1) is 19.7. The highest BCUT2D eigenvalue weighted by Gasteiger charge is 2.19. The number of non-ortho nitro benzene ring substituents is 1. The van der Waals surface area contributed by atoms with Gasteiger partial charge < -0.3 is 14.8 Å². The first-order chi connectivity index (χ1) is 13.9. The van der Waals surface area contributed by atoms with Gasteiger partial charge in [0.2, 0.25) is 0 Å². The van der Waals surface area contributed by atoms with Crippen LogP contribution in [-0.2, 0) is 9.47 Å². The zero-order valence-electron chi connectivity index (χ0n) is 15.7. The van der Waals surface area contributed by atoms with E-state index in [4.69, 9.17) is 9.47 Å². The predicted octanol–water partition coefficient (Wildman–Crippen LogP) is 3.85. The minimum atomic E-state index is -0.613. The van der Waals surface area contributed by atoms with E-state index >= 15 is 0 Å². The van der Waals surface area contributed by atoms with Crippen LogP contribution in [0.5, 0.6) is 0 Å². The van der Waals surface area contributed by atoms with Crippen LogP contribution in [0.1, 0.15) is 27.6 Å². The SMILES string of the molecule is CCOC(=O)c1cnc2ccc(C(=O)OC)cc2c1Nc1cccc([N+](=O)[O-])c1. The van der Waals surface area contributed by atoms with E-state index in [0.29, 0.717) is 22.3 Å². The number of rotatable bonds is 6. The molecule has 1 N–H and O–H groups in total. The summed E-state index contributed by atoms with van der Waals surface area (Å²) in [5.41, 5.74) is 1.51. The molecule has 0 radical (unpaired) electrons. The lowest BCUT2D eigenvalue weighted by Gasteiger charge is -2.14. The third kappa shape index (κ3) is 4.13. The summed E-state index contributed by atoms with van der Waals surface area (Å²) in [7, 11) is 1.27. The fraction of sp³-hybridized carbons (Fsp3) is 0.150. The summed E-state index contributed by atoms with van der Waals surface area (Å²) >= 11 is 0. The van der Waals surface area contributed by atoms with Crippen molar-refractivity contribution in [2.75, 3.05) is 19.0 Å². The lowest BCUT2D eigenvalue weighted by atomic mass is 10.1. The maximum Gasteiger partial charge on any atom is 0.341 e. The molecule has 2 aromatic carbocycles. The van der Waals surface area contributed by atoms with Crippen molar-refractivity contribution in [3.05, 3.63) is 69.9 Å². The molecule has 3 rings (SSSR count). The fourth-order valence-electron chi connectivity index (χ4n) is 2.78. The van der Waals surface area contributed by atoms with Crippen molar-refractivity contribution in [3.63, 3.8) is 0 Å². The standard InChI is InChI=1S/C20H17N3O6/c1-3-29-20(25)16-11-21-17-8-7-12(19(24)28-2)9-15(17)18(16)22-13-5-4-6-14(10-13)23(26)27/h4-11H,3H2,1-2H3,(H,21,22). The Morgan fingerprint density at radius 3 is 2.66 bits per heavy atom. The van der Waals surface area contributed by atoms with Gasteiger partial charge in [0.25, 0.3) is 5.69 Å². The topological polar surface area (TPSA) is 121 Å². The number of fused-ring (bicyclic) bond motifs is 1. The molecule has 0 aliphatic carbocycles. The van der Waals surface area contributed by atoms with Crippen LogP contribution in [0.15, 0.2) is 48.7 Å².